The van der Waals surface area contributed by atoms with Crippen LogP contribution in [0.4, 0.5) is 0 Å². The van der Waals surface area contributed by atoms with E-state index in [0.717, 1.165) is 0 Å². The molecule has 16 heteroatoms. The van der Waals surface area contributed by atoms with Gasteiger partial charge in [-0.05, 0) is 37.0 Å². The van der Waals surface area contributed by atoms with Crippen LogP contribution in [0.25, 0.3) is 0 Å². The summed E-state index contributed by atoms with van der Waals surface area (Å²) in [5, 5.41) is 44.2. The molecular weight excluding hydrogens is 518 g/mol. The maximum Gasteiger partial charge on any atom is 0.326 e. The number of aliphatic carboxylic acids is 2. The minimum atomic E-state index is -1.56. The number of carboxylic acids is 2. The van der Waals surface area contributed by atoms with E-state index in [2.05, 4.69) is 20.9 Å². The maximum absolute atomic E-state index is 13.0. The van der Waals surface area contributed by atoms with Crippen LogP contribution >= 0.6 is 0 Å². The molecule has 1 rings (SSSR count). The fraction of sp³-hybridized carbons (Fsp3) is 0.478. The molecule has 0 fully saturated rings. The first-order valence-corrected chi connectivity index (χ1v) is 11.9. The van der Waals surface area contributed by atoms with Gasteiger partial charge in [-0.1, -0.05) is 12.1 Å². The van der Waals surface area contributed by atoms with E-state index in [1.165, 1.54) is 24.3 Å². The molecule has 0 saturated heterocycles. The van der Waals surface area contributed by atoms with Gasteiger partial charge in [0.05, 0.1) is 12.6 Å². The van der Waals surface area contributed by atoms with E-state index >= 15 is 0 Å². The first kappa shape index (κ1) is 32.6. The summed E-state index contributed by atoms with van der Waals surface area (Å²) in [6, 6.07) is 0.0999. The molecule has 0 bridgehead atoms. The molecule has 0 aliphatic carbocycles. The number of hydrogen-bond donors (Lipinski definition) is 10. The van der Waals surface area contributed by atoms with Crippen LogP contribution in [-0.4, -0.2) is 93.4 Å². The van der Waals surface area contributed by atoms with Crippen LogP contribution in [-0.2, 0) is 30.4 Å². The third kappa shape index (κ3) is 12.6. The number of amides is 3. The molecule has 0 aliphatic heterocycles. The Morgan fingerprint density at radius 3 is 1.95 bits per heavy atom. The summed E-state index contributed by atoms with van der Waals surface area (Å²) in [5.41, 5.74) is 16.7. The molecule has 0 saturated carbocycles. The molecule has 216 valence electrons. The van der Waals surface area contributed by atoms with Crippen molar-refractivity contribution in [2.75, 3.05) is 13.2 Å². The van der Waals surface area contributed by atoms with Crippen LogP contribution in [0.15, 0.2) is 29.3 Å². The topological polar surface area (TPSA) is 293 Å². The highest BCUT2D eigenvalue weighted by molar-refractivity contribution is 5.94. The lowest BCUT2D eigenvalue weighted by molar-refractivity contribution is -0.143. The van der Waals surface area contributed by atoms with Gasteiger partial charge in [-0.2, -0.15) is 0 Å². The number of carboxylic acid groups (broad SMARTS) is 2. The minimum Gasteiger partial charge on any atom is -0.508 e. The number of aliphatic hydroxyl groups is 1. The summed E-state index contributed by atoms with van der Waals surface area (Å²) in [5.74, 6) is -5.58. The Morgan fingerprint density at radius 1 is 0.846 bits per heavy atom. The number of phenols is 1. The highest BCUT2D eigenvalue weighted by Crippen LogP contribution is 2.12. The van der Waals surface area contributed by atoms with Gasteiger partial charge in [0.1, 0.15) is 23.9 Å². The van der Waals surface area contributed by atoms with Crippen molar-refractivity contribution < 1.29 is 44.4 Å². The molecule has 0 heterocycles. The van der Waals surface area contributed by atoms with Crippen molar-refractivity contribution >= 4 is 35.6 Å². The van der Waals surface area contributed by atoms with Gasteiger partial charge in [0.15, 0.2) is 5.96 Å². The van der Waals surface area contributed by atoms with E-state index in [4.69, 9.17) is 22.3 Å². The van der Waals surface area contributed by atoms with E-state index in [-0.39, 0.29) is 31.1 Å². The van der Waals surface area contributed by atoms with Crippen LogP contribution in [0, 0.1) is 0 Å². The number of aliphatic imine (C=N–C) groups is 1. The van der Waals surface area contributed by atoms with Gasteiger partial charge in [-0.25, -0.2) is 4.79 Å². The smallest absolute Gasteiger partial charge is 0.326 e. The van der Waals surface area contributed by atoms with Crippen molar-refractivity contribution in [1.82, 2.24) is 16.0 Å². The summed E-state index contributed by atoms with van der Waals surface area (Å²) in [6.45, 7) is -0.618. The van der Waals surface area contributed by atoms with Gasteiger partial charge < -0.3 is 53.6 Å². The number of guanidine groups is 1. The summed E-state index contributed by atoms with van der Waals surface area (Å²) in [6.07, 6.45) is -0.575. The Bertz CT molecular complexity index is 1030. The lowest BCUT2D eigenvalue weighted by Gasteiger charge is -2.24. The van der Waals surface area contributed by atoms with Gasteiger partial charge in [0.25, 0.3) is 0 Å². The average Bonchev–Trinajstić information content (AvgIpc) is 2.87. The average molecular weight is 554 g/mol. The van der Waals surface area contributed by atoms with E-state index < -0.39 is 73.3 Å². The summed E-state index contributed by atoms with van der Waals surface area (Å²) < 4.78 is 0. The van der Waals surface area contributed by atoms with Gasteiger partial charge in [0, 0.05) is 19.4 Å². The Hall–Kier alpha value is -4.44. The molecule has 0 spiro atoms. The van der Waals surface area contributed by atoms with E-state index in [0.29, 0.717) is 12.0 Å². The standard InChI is InChI=1S/C23H35N7O9/c24-14(2-1-9-27-23(25)26)19(35)30-17(11-31)21(37)29-16(10-12-3-5-13(32)6-4-12)20(36)28-15(22(38)39)7-8-18(33)34/h3-6,14-17,31-32H,1-2,7-11,24H2,(H,28,36)(H,29,37)(H,30,35)(H,33,34)(H,38,39)(H4,25,26,27). The van der Waals surface area contributed by atoms with Gasteiger partial charge in [-0.3, -0.25) is 24.2 Å². The van der Waals surface area contributed by atoms with Crippen molar-refractivity contribution in [3.05, 3.63) is 29.8 Å². The SMILES string of the molecule is NC(N)=NCCCC(N)C(=O)NC(CO)C(=O)NC(Cc1ccc(O)cc1)C(=O)NC(CCC(=O)O)C(=O)O. The first-order chi connectivity index (χ1) is 18.3. The monoisotopic (exact) mass is 553 g/mol. The Labute approximate surface area is 223 Å². The number of nitrogens with two attached hydrogens (primary N) is 3. The third-order valence-corrected chi connectivity index (χ3v) is 5.39. The molecular formula is C23H35N7O9. The predicted octanol–water partition coefficient (Wildman–Crippen LogP) is -3.29. The maximum atomic E-state index is 13.0. The minimum absolute atomic E-state index is 0.0545. The molecule has 0 aromatic heterocycles. The number of hydrogen-bond acceptors (Lipinski definition) is 9. The van der Waals surface area contributed by atoms with Crippen LogP contribution < -0.4 is 33.2 Å². The number of carbonyl (C=O) groups excluding carboxylic acids is 3. The molecule has 1 aromatic rings. The second kappa shape index (κ2) is 16.4. The van der Waals surface area contributed by atoms with Crippen LogP contribution in [0.5, 0.6) is 5.75 Å². The fourth-order valence-electron chi connectivity index (χ4n) is 3.27. The zero-order valence-electron chi connectivity index (χ0n) is 21.1. The quantitative estimate of drug-likeness (QED) is 0.0516. The normalized spacial score (nSPS) is 13.7. The Kier molecular flexibility index (Phi) is 13.7. The largest absolute Gasteiger partial charge is 0.508 e. The fourth-order valence-corrected chi connectivity index (χ4v) is 3.27. The molecule has 1 aromatic carbocycles. The molecule has 0 radical (unpaired) electrons. The lowest BCUT2D eigenvalue weighted by Crippen LogP contribution is -2.58. The Morgan fingerprint density at radius 2 is 1.41 bits per heavy atom. The Balaban J connectivity index is 2.97. The molecule has 3 amide bonds. The van der Waals surface area contributed by atoms with Crippen molar-refractivity contribution in [3.8, 4) is 5.75 Å². The number of aliphatic hydroxyl groups excluding tert-OH is 1. The number of nitrogens with zero attached hydrogens (tertiary/aromatic N) is 1. The van der Waals surface area contributed by atoms with Crippen LogP contribution in [0.2, 0.25) is 0 Å². The number of benzene rings is 1. The molecule has 39 heavy (non-hydrogen) atoms. The summed E-state index contributed by atoms with van der Waals surface area (Å²) in [7, 11) is 0. The van der Waals surface area contributed by atoms with Crippen molar-refractivity contribution in [3.63, 3.8) is 0 Å². The third-order valence-electron chi connectivity index (χ3n) is 5.39. The molecule has 4 unspecified atom stereocenters. The van der Waals surface area contributed by atoms with Crippen LogP contribution in [0.3, 0.4) is 0 Å². The molecule has 13 N–H and O–H groups in total. The first-order valence-electron chi connectivity index (χ1n) is 11.9. The molecule has 0 aliphatic rings. The van der Waals surface area contributed by atoms with Gasteiger partial charge in [0.2, 0.25) is 17.7 Å². The number of rotatable bonds is 17. The second-order valence-electron chi connectivity index (χ2n) is 8.56. The predicted molar refractivity (Wildman–Crippen MR) is 137 cm³/mol. The highest BCUT2D eigenvalue weighted by atomic mass is 16.4. The van der Waals surface area contributed by atoms with Gasteiger partial charge in [-0.15, -0.1) is 0 Å². The zero-order chi connectivity index (χ0) is 29.5. The zero-order valence-corrected chi connectivity index (χ0v) is 21.1. The van der Waals surface area contributed by atoms with Crippen molar-refractivity contribution in [2.45, 2.75) is 56.3 Å². The summed E-state index contributed by atoms with van der Waals surface area (Å²) >= 11 is 0. The van der Waals surface area contributed by atoms with E-state index in [9.17, 15) is 39.3 Å². The van der Waals surface area contributed by atoms with E-state index in [1.54, 1.807) is 0 Å². The molecule has 16 nitrogen and oxygen atoms in total. The number of carbonyl (C=O) groups is 5. The van der Waals surface area contributed by atoms with Crippen LogP contribution in [0.1, 0.15) is 31.2 Å². The number of aromatic hydroxyl groups is 1. The van der Waals surface area contributed by atoms with Gasteiger partial charge >= 0.3 is 11.9 Å². The highest BCUT2D eigenvalue weighted by Gasteiger charge is 2.30. The number of nitrogens with one attached hydrogen (secondary N) is 3. The summed E-state index contributed by atoms with van der Waals surface area (Å²) in [4.78, 5) is 64.4. The number of phenolic OH excluding ortho intramolecular Hbond substituents is 1. The van der Waals surface area contributed by atoms with Crippen molar-refractivity contribution in [1.29, 1.82) is 0 Å². The lowest BCUT2D eigenvalue weighted by atomic mass is 10.0. The van der Waals surface area contributed by atoms with Crippen molar-refractivity contribution in [2.24, 2.45) is 22.2 Å². The van der Waals surface area contributed by atoms with E-state index in [1.807, 2.05) is 0 Å². The molecule has 4 atom stereocenters. The second-order valence-corrected chi connectivity index (χ2v) is 8.56.